The molecule has 1 unspecified atom stereocenters. The molecule has 1 heterocycles. The van der Waals surface area contributed by atoms with Gasteiger partial charge in [-0.2, -0.15) is 0 Å². The van der Waals surface area contributed by atoms with Crippen LogP contribution in [0.5, 0.6) is 0 Å². The first-order valence-electron chi connectivity index (χ1n) is 7.06. The molecule has 17 heavy (non-hydrogen) atoms. The molecule has 3 nitrogen and oxygen atoms in total. The molecule has 0 saturated carbocycles. The van der Waals surface area contributed by atoms with Gasteiger partial charge in [0.2, 0.25) is 0 Å². The molecule has 1 saturated heterocycles. The highest BCUT2D eigenvalue weighted by atomic mass is 16.5. The quantitative estimate of drug-likeness (QED) is 0.673. The predicted molar refractivity (Wildman–Crippen MR) is 73.1 cm³/mol. The van der Waals surface area contributed by atoms with E-state index >= 15 is 0 Å². The fourth-order valence-corrected chi connectivity index (χ4v) is 2.58. The van der Waals surface area contributed by atoms with E-state index in [4.69, 9.17) is 10.5 Å². The first-order chi connectivity index (χ1) is 8.02. The zero-order valence-corrected chi connectivity index (χ0v) is 11.8. The van der Waals surface area contributed by atoms with Crippen LogP contribution in [-0.2, 0) is 4.74 Å². The number of nitrogens with two attached hydrogens (primary N) is 1. The third-order valence-corrected chi connectivity index (χ3v) is 3.92. The number of hydrogen-bond donors (Lipinski definition) is 2. The average Bonchev–Trinajstić information content (AvgIpc) is 2.29. The van der Waals surface area contributed by atoms with E-state index in [-0.39, 0.29) is 0 Å². The van der Waals surface area contributed by atoms with Crippen molar-refractivity contribution in [1.29, 1.82) is 0 Å². The molecule has 1 rings (SSSR count). The van der Waals surface area contributed by atoms with Gasteiger partial charge in [-0.25, -0.2) is 0 Å². The van der Waals surface area contributed by atoms with Crippen molar-refractivity contribution in [3.63, 3.8) is 0 Å². The summed E-state index contributed by atoms with van der Waals surface area (Å²) in [5.74, 6) is 0.803. The molecule has 1 aliphatic rings. The van der Waals surface area contributed by atoms with E-state index in [1.54, 1.807) is 0 Å². The predicted octanol–water partition coefficient (Wildman–Crippen LogP) is 2.16. The van der Waals surface area contributed by atoms with Gasteiger partial charge in [-0.05, 0) is 50.5 Å². The highest BCUT2D eigenvalue weighted by Crippen LogP contribution is 2.33. The summed E-state index contributed by atoms with van der Waals surface area (Å²) in [4.78, 5) is 0. The van der Waals surface area contributed by atoms with Crippen molar-refractivity contribution in [2.24, 2.45) is 17.1 Å². The van der Waals surface area contributed by atoms with Gasteiger partial charge in [0.1, 0.15) is 0 Å². The molecule has 1 fully saturated rings. The summed E-state index contributed by atoms with van der Waals surface area (Å²) in [6.07, 6.45) is 4.73. The third-order valence-electron chi connectivity index (χ3n) is 3.92. The number of rotatable bonds is 7. The summed E-state index contributed by atoms with van der Waals surface area (Å²) >= 11 is 0. The minimum Gasteiger partial charge on any atom is -0.381 e. The van der Waals surface area contributed by atoms with Crippen LogP contribution in [0.1, 0.15) is 46.5 Å². The van der Waals surface area contributed by atoms with Crippen LogP contribution < -0.4 is 11.1 Å². The third kappa shape index (κ3) is 5.84. The Morgan fingerprint density at radius 2 is 2.00 bits per heavy atom. The molecule has 1 aliphatic heterocycles. The molecule has 1 atom stereocenters. The van der Waals surface area contributed by atoms with Crippen molar-refractivity contribution >= 4 is 0 Å². The Labute approximate surface area is 106 Å². The van der Waals surface area contributed by atoms with Gasteiger partial charge in [0.15, 0.2) is 0 Å². The second-order valence-electron chi connectivity index (χ2n) is 6.17. The minimum absolute atomic E-state index is 0.334. The van der Waals surface area contributed by atoms with Crippen LogP contribution in [0.25, 0.3) is 0 Å². The molecule has 0 bridgehead atoms. The summed E-state index contributed by atoms with van der Waals surface area (Å²) in [5, 5.41) is 3.58. The summed E-state index contributed by atoms with van der Waals surface area (Å²) < 4.78 is 5.43. The van der Waals surface area contributed by atoms with E-state index in [0.29, 0.717) is 11.5 Å². The maximum atomic E-state index is 5.74. The van der Waals surface area contributed by atoms with Gasteiger partial charge in [-0.3, -0.25) is 0 Å². The van der Waals surface area contributed by atoms with Crippen LogP contribution in [0.2, 0.25) is 0 Å². The second kappa shape index (κ2) is 7.34. The van der Waals surface area contributed by atoms with Crippen molar-refractivity contribution in [3.05, 3.63) is 0 Å². The van der Waals surface area contributed by atoms with E-state index in [9.17, 15) is 0 Å². The minimum atomic E-state index is 0.334. The van der Waals surface area contributed by atoms with E-state index in [2.05, 4.69) is 26.1 Å². The smallest absolute Gasteiger partial charge is 0.0468 e. The summed E-state index contributed by atoms with van der Waals surface area (Å²) in [6.45, 7) is 10.9. The van der Waals surface area contributed by atoms with E-state index in [0.717, 1.165) is 38.6 Å². The van der Waals surface area contributed by atoms with Crippen LogP contribution in [0.15, 0.2) is 0 Å². The largest absolute Gasteiger partial charge is 0.381 e. The molecule has 0 amide bonds. The van der Waals surface area contributed by atoms with Gasteiger partial charge in [0.05, 0.1) is 0 Å². The maximum Gasteiger partial charge on any atom is 0.0468 e. The van der Waals surface area contributed by atoms with Gasteiger partial charge >= 0.3 is 0 Å². The van der Waals surface area contributed by atoms with E-state index in [1.165, 1.54) is 19.3 Å². The monoisotopic (exact) mass is 242 g/mol. The van der Waals surface area contributed by atoms with Crippen molar-refractivity contribution in [2.45, 2.75) is 52.5 Å². The van der Waals surface area contributed by atoms with Crippen molar-refractivity contribution < 1.29 is 4.74 Å². The topological polar surface area (TPSA) is 47.3 Å². The standard InChI is InChI=1S/C14H30N2O/c1-12(15)5-4-8-16-11-14(2,3)13-6-9-17-10-7-13/h12-13,16H,4-11,15H2,1-3H3. The molecule has 102 valence electrons. The molecule has 0 aliphatic carbocycles. The Kier molecular flexibility index (Phi) is 6.45. The lowest BCUT2D eigenvalue weighted by molar-refractivity contribution is 0.0228. The molecule has 0 radical (unpaired) electrons. The number of nitrogens with one attached hydrogen (secondary N) is 1. The van der Waals surface area contributed by atoms with Gasteiger partial charge < -0.3 is 15.8 Å². The Hall–Kier alpha value is -0.120. The molecule has 3 heteroatoms. The zero-order chi connectivity index (χ0) is 12.7. The molecule has 0 aromatic heterocycles. The Morgan fingerprint density at radius 1 is 1.35 bits per heavy atom. The lowest BCUT2D eigenvalue weighted by Crippen LogP contribution is -2.38. The second-order valence-corrected chi connectivity index (χ2v) is 6.17. The average molecular weight is 242 g/mol. The first-order valence-corrected chi connectivity index (χ1v) is 7.06. The zero-order valence-electron chi connectivity index (χ0n) is 11.8. The van der Waals surface area contributed by atoms with Gasteiger partial charge in [-0.1, -0.05) is 13.8 Å². The van der Waals surface area contributed by atoms with Gasteiger partial charge in [0, 0.05) is 25.8 Å². The van der Waals surface area contributed by atoms with Gasteiger partial charge in [0.25, 0.3) is 0 Å². The first kappa shape index (κ1) is 14.9. The highest BCUT2D eigenvalue weighted by molar-refractivity contribution is 4.82. The van der Waals surface area contributed by atoms with Crippen LogP contribution in [0, 0.1) is 11.3 Å². The van der Waals surface area contributed by atoms with Crippen molar-refractivity contribution in [3.8, 4) is 0 Å². The lowest BCUT2D eigenvalue weighted by Gasteiger charge is -2.37. The van der Waals surface area contributed by atoms with Crippen molar-refractivity contribution in [1.82, 2.24) is 5.32 Å². The van der Waals surface area contributed by atoms with Gasteiger partial charge in [-0.15, -0.1) is 0 Å². The Balaban J connectivity index is 2.15. The maximum absolute atomic E-state index is 5.74. The molecular formula is C14H30N2O. The fraction of sp³-hybridized carbons (Fsp3) is 1.00. The molecule has 0 aromatic carbocycles. The summed E-state index contributed by atoms with van der Waals surface area (Å²) in [7, 11) is 0. The SMILES string of the molecule is CC(N)CCCNCC(C)(C)C1CCOCC1. The fourth-order valence-electron chi connectivity index (χ4n) is 2.58. The Bertz CT molecular complexity index is 198. The lowest BCUT2D eigenvalue weighted by atomic mass is 9.74. The highest BCUT2D eigenvalue weighted by Gasteiger charge is 2.30. The van der Waals surface area contributed by atoms with Crippen LogP contribution in [0.3, 0.4) is 0 Å². The number of hydrogen-bond acceptors (Lipinski definition) is 3. The normalized spacial score (nSPS) is 20.5. The van der Waals surface area contributed by atoms with E-state index in [1.807, 2.05) is 0 Å². The molecular weight excluding hydrogens is 212 g/mol. The molecule has 0 aromatic rings. The number of ether oxygens (including phenoxy) is 1. The molecule has 0 spiro atoms. The van der Waals surface area contributed by atoms with Crippen molar-refractivity contribution in [2.75, 3.05) is 26.3 Å². The van der Waals surface area contributed by atoms with Crippen LogP contribution in [0.4, 0.5) is 0 Å². The summed E-state index contributed by atoms with van der Waals surface area (Å²) in [6, 6.07) is 0.334. The summed E-state index contributed by atoms with van der Waals surface area (Å²) in [5.41, 5.74) is 6.12. The van der Waals surface area contributed by atoms with Crippen LogP contribution in [-0.4, -0.2) is 32.3 Å². The Morgan fingerprint density at radius 3 is 2.59 bits per heavy atom. The van der Waals surface area contributed by atoms with Crippen LogP contribution >= 0.6 is 0 Å². The molecule has 3 N–H and O–H groups in total. The van der Waals surface area contributed by atoms with E-state index < -0.39 is 0 Å².